The van der Waals surface area contributed by atoms with Crippen LogP contribution in [0.1, 0.15) is 58.2 Å². The maximum atomic E-state index is 5.85. The molecule has 0 bridgehead atoms. The summed E-state index contributed by atoms with van der Waals surface area (Å²) in [4.78, 5) is 4.68. The highest BCUT2D eigenvalue weighted by Crippen LogP contribution is 2.46. The summed E-state index contributed by atoms with van der Waals surface area (Å²) in [6.07, 6.45) is 6.92. The molecule has 4 nitrogen and oxygen atoms in total. The van der Waals surface area contributed by atoms with Crippen LogP contribution in [-0.2, 0) is 10.3 Å². The van der Waals surface area contributed by atoms with E-state index in [9.17, 15) is 0 Å². The second-order valence-electron chi connectivity index (χ2n) is 6.70. The Morgan fingerprint density at radius 1 is 1.21 bits per heavy atom. The van der Waals surface area contributed by atoms with Crippen molar-refractivity contribution >= 4 is 16.7 Å². The van der Waals surface area contributed by atoms with E-state index in [-0.39, 0.29) is 5.60 Å². The fraction of sp³-hybridized carbons (Fsp3) is 0.857. The van der Waals surface area contributed by atoms with Gasteiger partial charge in [-0.05, 0) is 43.9 Å². The summed E-state index contributed by atoms with van der Waals surface area (Å²) >= 11 is 1.47. The molecule has 3 rings (SSSR count). The third kappa shape index (κ3) is 2.77. The number of anilines is 1. The third-order valence-electron chi connectivity index (χ3n) is 4.54. The highest BCUT2D eigenvalue weighted by Gasteiger charge is 2.42. The molecule has 0 aromatic carbocycles. The number of methoxy groups -OCH3 is 1. The second kappa shape index (κ2) is 4.70. The molecule has 2 aliphatic rings. The summed E-state index contributed by atoms with van der Waals surface area (Å²) in [5.74, 6) is 0.888. The van der Waals surface area contributed by atoms with Crippen molar-refractivity contribution in [2.45, 2.75) is 64.0 Å². The maximum Gasteiger partial charge on any atom is 0.202 e. The van der Waals surface area contributed by atoms with Gasteiger partial charge in [0.1, 0.15) is 5.60 Å². The SMILES string of the molecule is COC1(c2nsc(NC3CC3)n2)CCC(C)(C)CC1. The molecule has 0 saturated heterocycles. The van der Waals surface area contributed by atoms with Crippen LogP contribution in [0.5, 0.6) is 0 Å². The third-order valence-corrected chi connectivity index (χ3v) is 5.19. The molecule has 0 aliphatic heterocycles. The molecular formula is C14H23N3OS. The summed E-state index contributed by atoms with van der Waals surface area (Å²) in [5.41, 5.74) is 0.169. The van der Waals surface area contributed by atoms with Gasteiger partial charge in [0.2, 0.25) is 5.13 Å². The van der Waals surface area contributed by atoms with Gasteiger partial charge in [0.15, 0.2) is 5.82 Å². The van der Waals surface area contributed by atoms with Crippen LogP contribution in [0.25, 0.3) is 0 Å². The van der Waals surface area contributed by atoms with Crippen LogP contribution < -0.4 is 5.32 Å². The summed E-state index contributed by atoms with van der Waals surface area (Å²) in [7, 11) is 1.80. The van der Waals surface area contributed by atoms with E-state index >= 15 is 0 Å². The Kier molecular flexibility index (Phi) is 3.29. The Bertz CT molecular complexity index is 443. The lowest BCUT2D eigenvalue weighted by Gasteiger charge is -2.40. The van der Waals surface area contributed by atoms with Crippen LogP contribution in [0, 0.1) is 5.41 Å². The monoisotopic (exact) mass is 281 g/mol. The standard InChI is InChI=1S/C14H23N3OS/c1-13(2)6-8-14(18-3,9-7-13)11-16-12(19-17-11)15-10-4-5-10/h10H,4-9H2,1-3H3,(H,15,16,17). The van der Waals surface area contributed by atoms with Crippen LogP contribution in [-0.4, -0.2) is 22.5 Å². The Morgan fingerprint density at radius 3 is 2.47 bits per heavy atom. The largest absolute Gasteiger partial charge is 0.370 e. The molecule has 2 saturated carbocycles. The fourth-order valence-electron chi connectivity index (χ4n) is 2.72. The first-order valence-electron chi connectivity index (χ1n) is 7.19. The lowest BCUT2D eigenvalue weighted by molar-refractivity contribution is -0.0720. The molecular weight excluding hydrogens is 258 g/mol. The second-order valence-corrected chi connectivity index (χ2v) is 7.46. The van der Waals surface area contributed by atoms with E-state index in [0.717, 1.165) is 23.8 Å². The van der Waals surface area contributed by atoms with Gasteiger partial charge in [-0.3, -0.25) is 0 Å². The van der Waals surface area contributed by atoms with Crippen molar-refractivity contribution in [2.75, 3.05) is 12.4 Å². The van der Waals surface area contributed by atoms with Crippen LogP contribution in [0.3, 0.4) is 0 Å². The minimum atomic E-state index is -0.254. The van der Waals surface area contributed by atoms with E-state index in [1.54, 1.807) is 7.11 Å². The number of hydrogen-bond donors (Lipinski definition) is 1. The first-order valence-corrected chi connectivity index (χ1v) is 7.96. The van der Waals surface area contributed by atoms with Crippen molar-refractivity contribution in [3.8, 4) is 0 Å². The Labute approximate surface area is 119 Å². The summed E-state index contributed by atoms with van der Waals surface area (Å²) < 4.78 is 10.4. The number of ether oxygens (including phenoxy) is 1. The van der Waals surface area contributed by atoms with Gasteiger partial charge >= 0.3 is 0 Å². The Hall–Kier alpha value is -0.680. The molecule has 2 fully saturated rings. The van der Waals surface area contributed by atoms with E-state index in [1.807, 2.05) is 0 Å². The van der Waals surface area contributed by atoms with Crippen molar-refractivity contribution in [3.05, 3.63) is 5.82 Å². The van der Waals surface area contributed by atoms with Crippen molar-refractivity contribution in [1.29, 1.82) is 0 Å². The van der Waals surface area contributed by atoms with Crippen molar-refractivity contribution in [3.63, 3.8) is 0 Å². The quantitative estimate of drug-likeness (QED) is 0.916. The lowest BCUT2D eigenvalue weighted by Crippen LogP contribution is -2.37. The average molecular weight is 281 g/mol. The van der Waals surface area contributed by atoms with Crippen LogP contribution in [0.15, 0.2) is 0 Å². The van der Waals surface area contributed by atoms with E-state index in [0.29, 0.717) is 11.5 Å². The summed E-state index contributed by atoms with van der Waals surface area (Å²) in [6, 6.07) is 0.629. The summed E-state index contributed by atoms with van der Waals surface area (Å²) in [5, 5.41) is 4.38. The zero-order valence-electron chi connectivity index (χ0n) is 12.0. The van der Waals surface area contributed by atoms with Crippen LogP contribution in [0.4, 0.5) is 5.13 Å². The highest BCUT2D eigenvalue weighted by molar-refractivity contribution is 7.09. The Morgan fingerprint density at radius 2 is 1.89 bits per heavy atom. The zero-order valence-corrected chi connectivity index (χ0v) is 12.8. The molecule has 0 atom stereocenters. The highest BCUT2D eigenvalue weighted by atomic mass is 32.1. The van der Waals surface area contributed by atoms with Gasteiger partial charge in [-0.2, -0.15) is 4.37 Å². The van der Waals surface area contributed by atoms with Gasteiger partial charge in [0, 0.05) is 24.7 Å². The molecule has 1 N–H and O–H groups in total. The lowest BCUT2D eigenvalue weighted by atomic mass is 9.70. The van der Waals surface area contributed by atoms with E-state index < -0.39 is 0 Å². The van der Waals surface area contributed by atoms with Crippen LogP contribution in [0.2, 0.25) is 0 Å². The maximum absolute atomic E-state index is 5.85. The van der Waals surface area contributed by atoms with Gasteiger partial charge in [-0.1, -0.05) is 13.8 Å². The molecule has 0 unspecified atom stereocenters. The molecule has 0 radical (unpaired) electrons. The minimum absolute atomic E-state index is 0.254. The molecule has 0 amide bonds. The smallest absolute Gasteiger partial charge is 0.202 e. The van der Waals surface area contributed by atoms with Crippen molar-refractivity contribution < 1.29 is 4.74 Å². The van der Waals surface area contributed by atoms with Crippen LogP contribution >= 0.6 is 11.5 Å². The number of nitrogens with one attached hydrogen (secondary N) is 1. The van der Waals surface area contributed by atoms with Crippen molar-refractivity contribution in [1.82, 2.24) is 9.36 Å². The zero-order chi connectivity index (χ0) is 13.5. The topological polar surface area (TPSA) is 47.0 Å². The molecule has 19 heavy (non-hydrogen) atoms. The van der Waals surface area contributed by atoms with Gasteiger partial charge in [0.25, 0.3) is 0 Å². The number of hydrogen-bond acceptors (Lipinski definition) is 5. The first kappa shape index (κ1) is 13.3. The molecule has 2 aliphatic carbocycles. The molecule has 1 aromatic rings. The van der Waals surface area contributed by atoms with E-state index in [1.165, 1.54) is 37.2 Å². The normalized spacial score (nSPS) is 25.2. The predicted molar refractivity (Wildman–Crippen MR) is 77.5 cm³/mol. The first-order chi connectivity index (χ1) is 9.03. The van der Waals surface area contributed by atoms with Gasteiger partial charge < -0.3 is 10.1 Å². The minimum Gasteiger partial charge on any atom is -0.370 e. The summed E-state index contributed by atoms with van der Waals surface area (Å²) in [6.45, 7) is 4.67. The average Bonchev–Trinajstić information content (AvgIpc) is 3.07. The van der Waals surface area contributed by atoms with E-state index in [2.05, 4.69) is 28.5 Å². The van der Waals surface area contributed by atoms with Crippen molar-refractivity contribution in [2.24, 2.45) is 5.41 Å². The molecule has 1 aromatic heterocycles. The number of nitrogens with zero attached hydrogens (tertiary/aromatic N) is 2. The number of rotatable bonds is 4. The predicted octanol–water partition coefficient (Wildman–Crippen LogP) is 3.55. The Balaban J connectivity index is 1.75. The van der Waals surface area contributed by atoms with Gasteiger partial charge in [0.05, 0.1) is 0 Å². The molecule has 5 heteroatoms. The van der Waals surface area contributed by atoms with Gasteiger partial charge in [-0.15, -0.1) is 0 Å². The van der Waals surface area contributed by atoms with E-state index in [4.69, 9.17) is 4.74 Å². The molecule has 1 heterocycles. The molecule has 106 valence electrons. The fourth-order valence-corrected chi connectivity index (χ4v) is 3.45. The van der Waals surface area contributed by atoms with Gasteiger partial charge in [-0.25, -0.2) is 4.98 Å². The molecule has 0 spiro atoms. The number of aromatic nitrogens is 2.